The molecule has 0 spiro atoms. The lowest BCUT2D eigenvalue weighted by molar-refractivity contribution is 0.102. The van der Waals surface area contributed by atoms with Gasteiger partial charge in [-0.05, 0) is 36.8 Å². The summed E-state index contributed by atoms with van der Waals surface area (Å²) in [7, 11) is 0. The van der Waals surface area contributed by atoms with Crippen LogP contribution in [0.4, 0.5) is 5.69 Å². The summed E-state index contributed by atoms with van der Waals surface area (Å²) >= 11 is 6.03. The molecule has 0 aliphatic carbocycles. The van der Waals surface area contributed by atoms with Crippen LogP contribution in [0.1, 0.15) is 21.5 Å². The van der Waals surface area contributed by atoms with Crippen molar-refractivity contribution in [2.75, 3.05) is 11.9 Å². The monoisotopic (exact) mass is 299 g/mol. The summed E-state index contributed by atoms with van der Waals surface area (Å²) < 4.78 is 0. The third kappa shape index (κ3) is 3.85. The van der Waals surface area contributed by atoms with Gasteiger partial charge in [0.1, 0.15) is 6.61 Å². The molecule has 0 saturated carbocycles. The van der Waals surface area contributed by atoms with E-state index in [9.17, 15) is 4.79 Å². The number of rotatable bonds is 2. The smallest absolute Gasteiger partial charge is 0.255 e. The van der Waals surface area contributed by atoms with Crippen molar-refractivity contribution < 1.29 is 9.90 Å². The first kappa shape index (κ1) is 15.1. The highest BCUT2D eigenvalue weighted by Crippen LogP contribution is 2.19. The van der Waals surface area contributed by atoms with Crippen molar-refractivity contribution in [3.8, 4) is 11.8 Å². The zero-order valence-electron chi connectivity index (χ0n) is 11.5. The average molecular weight is 300 g/mol. The van der Waals surface area contributed by atoms with Gasteiger partial charge in [0.25, 0.3) is 5.91 Å². The van der Waals surface area contributed by atoms with Gasteiger partial charge < -0.3 is 10.4 Å². The molecule has 0 aliphatic heterocycles. The number of carbonyl (C=O) groups is 1. The molecule has 4 heteroatoms. The quantitative estimate of drug-likeness (QED) is 0.836. The molecule has 0 unspecified atom stereocenters. The van der Waals surface area contributed by atoms with Crippen LogP contribution in [-0.2, 0) is 0 Å². The number of halogens is 1. The molecule has 0 aliphatic rings. The van der Waals surface area contributed by atoms with Crippen LogP contribution in [0.15, 0.2) is 42.5 Å². The first-order valence-electron chi connectivity index (χ1n) is 6.38. The van der Waals surface area contributed by atoms with Crippen molar-refractivity contribution in [3.63, 3.8) is 0 Å². The van der Waals surface area contributed by atoms with Crippen molar-refractivity contribution >= 4 is 23.2 Å². The number of hydrogen-bond donors (Lipinski definition) is 2. The van der Waals surface area contributed by atoms with Crippen molar-refractivity contribution in [2.45, 2.75) is 6.92 Å². The molecule has 2 aromatic carbocycles. The second-order valence-electron chi connectivity index (χ2n) is 4.42. The predicted molar refractivity (Wildman–Crippen MR) is 84.5 cm³/mol. The highest BCUT2D eigenvalue weighted by atomic mass is 35.5. The molecule has 106 valence electrons. The van der Waals surface area contributed by atoms with Crippen LogP contribution in [0.2, 0.25) is 5.02 Å². The van der Waals surface area contributed by atoms with E-state index >= 15 is 0 Å². The van der Waals surface area contributed by atoms with Crippen LogP contribution >= 0.6 is 11.6 Å². The number of hydrogen-bond acceptors (Lipinski definition) is 2. The summed E-state index contributed by atoms with van der Waals surface area (Å²) in [6, 6.07) is 12.3. The number of nitrogens with one attached hydrogen (secondary N) is 1. The Balaban J connectivity index is 2.25. The lowest BCUT2D eigenvalue weighted by Crippen LogP contribution is -2.12. The Morgan fingerprint density at radius 3 is 2.76 bits per heavy atom. The largest absolute Gasteiger partial charge is 0.384 e. The van der Waals surface area contributed by atoms with E-state index in [-0.39, 0.29) is 12.5 Å². The highest BCUT2D eigenvalue weighted by molar-refractivity contribution is 6.31. The predicted octanol–water partition coefficient (Wildman–Crippen LogP) is 3.24. The number of amides is 1. The van der Waals surface area contributed by atoms with E-state index in [1.807, 2.05) is 19.1 Å². The maximum Gasteiger partial charge on any atom is 0.255 e. The number of aliphatic hydroxyl groups excluding tert-OH is 1. The molecule has 0 fully saturated rings. The molecule has 3 nitrogen and oxygen atoms in total. The molecule has 21 heavy (non-hydrogen) atoms. The van der Waals surface area contributed by atoms with Crippen molar-refractivity contribution in [1.82, 2.24) is 0 Å². The second kappa shape index (κ2) is 6.94. The van der Waals surface area contributed by atoms with Crippen LogP contribution < -0.4 is 5.32 Å². The minimum Gasteiger partial charge on any atom is -0.384 e. The summed E-state index contributed by atoms with van der Waals surface area (Å²) in [5.41, 5.74) is 2.65. The molecular weight excluding hydrogens is 286 g/mol. The number of aryl methyl sites for hydroxylation is 1. The van der Waals surface area contributed by atoms with E-state index < -0.39 is 0 Å². The zero-order chi connectivity index (χ0) is 15.2. The van der Waals surface area contributed by atoms with Gasteiger partial charge in [-0.1, -0.05) is 41.6 Å². The molecule has 2 aromatic rings. The number of benzene rings is 2. The zero-order valence-corrected chi connectivity index (χ0v) is 12.2. The van der Waals surface area contributed by atoms with E-state index in [0.717, 1.165) is 5.56 Å². The van der Waals surface area contributed by atoms with Gasteiger partial charge >= 0.3 is 0 Å². The minimum atomic E-state index is -0.254. The molecule has 0 atom stereocenters. The molecule has 0 radical (unpaired) electrons. The lowest BCUT2D eigenvalue weighted by atomic mass is 10.1. The first-order valence-corrected chi connectivity index (χ1v) is 6.76. The van der Waals surface area contributed by atoms with Gasteiger partial charge in [0.15, 0.2) is 0 Å². The Labute approximate surface area is 128 Å². The van der Waals surface area contributed by atoms with E-state index in [1.54, 1.807) is 30.3 Å². The summed E-state index contributed by atoms with van der Waals surface area (Å²) in [6.45, 7) is 1.65. The third-order valence-electron chi connectivity index (χ3n) is 2.91. The maximum atomic E-state index is 12.2. The van der Waals surface area contributed by atoms with Gasteiger partial charge in [0.05, 0.1) is 5.69 Å². The van der Waals surface area contributed by atoms with Crippen LogP contribution in [-0.4, -0.2) is 17.6 Å². The second-order valence-corrected chi connectivity index (χ2v) is 4.83. The first-order chi connectivity index (χ1) is 10.1. The summed E-state index contributed by atoms with van der Waals surface area (Å²) in [5.74, 6) is 5.11. The van der Waals surface area contributed by atoms with Crippen LogP contribution in [0.3, 0.4) is 0 Å². The van der Waals surface area contributed by atoms with Gasteiger partial charge in [-0.15, -0.1) is 0 Å². The van der Waals surface area contributed by atoms with Crippen LogP contribution in [0.5, 0.6) is 0 Å². The fourth-order valence-electron chi connectivity index (χ4n) is 1.76. The molecule has 0 bridgehead atoms. The molecule has 1 amide bonds. The SMILES string of the molecule is Cc1ccc(C(=O)Nc2ccccc2C#CCO)cc1Cl. The normalized spacial score (nSPS) is 9.67. The van der Waals surface area contributed by atoms with Gasteiger partial charge in [-0.3, -0.25) is 4.79 Å². The third-order valence-corrected chi connectivity index (χ3v) is 3.32. The number of carbonyl (C=O) groups excluding carboxylic acids is 1. The van der Waals surface area contributed by atoms with Crippen LogP contribution in [0.25, 0.3) is 0 Å². The molecule has 2 rings (SSSR count). The molecule has 0 saturated heterocycles. The van der Waals surface area contributed by atoms with Gasteiger partial charge in [0.2, 0.25) is 0 Å². The Bertz CT molecular complexity index is 729. The average Bonchev–Trinajstić information content (AvgIpc) is 2.49. The number of para-hydroxylation sites is 1. The van der Waals surface area contributed by atoms with Gasteiger partial charge in [0, 0.05) is 16.1 Å². The molecule has 0 heterocycles. The van der Waals surface area contributed by atoms with Crippen molar-refractivity contribution in [2.24, 2.45) is 0 Å². The van der Waals surface area contributed by atoms with Gasteiger partial charge in [-0.2, -0.15) is 0 Å². The molecular formula is C17H14ClNO2. The fourth-order valence-corrected chi connectivity index (χ4v) is 1.94. The minimum absolute atomic E-state index is 0.226. The summed E-state index contributed by atoms with van der Waals surface area (Å²) in [6.07, 6.45) is 0. The van der Waals surface area contributed by atoms with Gasteiger partial charge in [-0.25, -0.2) is 0 Å². The Morgan fingerprint density at radius 1 is 1.29 bits per heavy atom. The van der Waals surface area contributed by atoms with E-state index in [0.29, 0.717) is 21.8 Å². The molecule has 2 N–H and O–H groups in total. The number of aliphatic hydroxyl groups is 1. The highest BCUT2D eigenvalue weighted by Gasteiger charge is 2.09. The number of anilines is 1. The fraction of sp³-hybridized carbons (Fsp3) is 0.118. The molecule has 0 aromatic heterocycles. The van der Waals surface area contributed by atoms with Crippen molar-refractivity contribution in [3.05, 3.63) is 64.2 Å². The topological polar surface area (TPSA) is 49.3 Å². The maximum absolute atomic E-state index is 12.2. The summed E-state index contributed by atoms with van der Waals surface area (Å²) in [4.78, 5) is 12.2. The van der Waals surface area contributed by atoms with Crippen LogP contribution in [0, 0.1) is 18.8 Å². The van der Waals surface area contributed by atoms with Crippen molar-refractivity contribution in [1.29, 1.82) is 0 Å². The Morgan fingerprint density at radius 2 is 2.05 bits per heavy atom. The van der Waals surface area contributed by atoms with E-state index in [4.69, 9.17) is 16.7 Å². The summed E-state index contributed by atoms with van der Waals surface area (Å²) in [5, 5.41) is 12.1. The van der Waals surface area contributed by atoms with E-state index in [2.05, 4.69) is 17.2 Å². The van der Waals surface area contributed by atoms with E-state index in [1.165, 1.54) is 0 Å². The lowest BCUT2D eigenvalue weighted by Gasteiger charge is -2.08. The Hall–Kier alpha value is -2.28. The Kier molecular flexibility index (Phi) is 4.99. The standard InChI is InChI=1S/C17H14ClNO2/c1-12-8-9-14(11-15(12)18)17(21)19-16-7-3-2-5-13(16)6-4-10-20/h2-3,5,7-9,11,20H,10H2,1H3,(H,19,21).